The lowest BCUT2D eigenvalue weighted by Crippen LogP contribution is -2.47. The number of amides is 2. The standard InChI is InChI=1S/C38H49N3O7/c1-26-22-41(27(2)25-42)37(44)33-21-32(39-36(43)20-29-11-6-5-7-12-29)17-18-34(33)48-28(3)10-8-9-19-47-35(26)24-40(4)23-30-13-15-31(16-14-30)38(45)46/h5-7,11-18,21,26-28,35,42H,8-10,19-20,22-25H2,1-4H3,(H,39,43)(H,45,46)/t26-,27+,28+,35+/m0/s1. The van der Waals surface area contributed by atoms with Crippen LogP contribution in [0, 0.1) is 5.92 Å². The Hall–Kier alpha value is -4.25. The zero-order valence-corrected chi connectivity index (χ0v) is 28.4. The molecule has 0 saturated heterocycles. The number of aliphatic hydroxyl groups is 1. The molecule has 10 heteroatoms. The molecule has 1 aliphatic rings. The van der Waals surface area contributed by atoms with Gasteiger partial charge in [0, 0.05) is 37.8 Å². The highest BCUT2D eigenvalue weighted by Gasteiger charge is 2.30. The van der Waals surface area contributed by atoms with Crippen molar-refractivity contribution >= 4 is 23.5 Å². The van der Waals surface area contributed by atoms with E-state index in [2.05, 4.69) is 17.1 Å². The summed E-state index contributed by atoms with van der Waals surface area (Å²) in [7, 11) is 1.99. The molecule has 3 N–H and O–H groups in total. The summed E-state index contributed by atoms with van der Waals surface area (Å²) >= 11 is 0. The Morgan fingerprint density at radius 3 is 2.44 bits per heavy atom. The van der Waals surface area contributed by atoms with Crippen LogP contribution in [0.15, 0.2) is 72.8 Å². The highest BCUT2D eigenvalue weighted by atomic mass is 16.5. The van der Waals surface area contributed by atoms with Gasteiger partial charge in [0.05, 0.1) is 42.4 Å². The number of aliphatic hydroxyl groups excluding tert-OH is 1. The van der Waals surface area contributed by atoms with Crippen LogP contribution in [0.2, 0.25) is 0 Å². The van der Waals surface area contributed by atoms with Crippen molar-refractivity contribution in [3.8, 4) is 5.75 Å². The van der Waals surface area contributed by atoms with Gasteiger partial charge in [-0.05, 0) is 81.6 Å². The molecule has 0 spiro atoms. The normalized spacial score (nSPS) is 19.9. The van der Waals surface area contributed by atoms with Crippen molar-refractivity contribution in [3.63, 3.8) is 0 Å². The molecule has 3 aromatic carbocycles. The molecule has 10 nitrogen and oxygen atoms in total. The number of rotatable bonds is 10. The fraction of sp³-hybridized carbons (Fsp3) is 0.447. The number of carboxylic acids is 1. The summed E-state index contributed by atoms with van der Waals surface area (Å²) in [5.41, 5.74) is 2.93. The second kappa shape index (κ2) is 17.8. The fourth-order valence-electron chi connectivity index (χ4n) is 5.89. The lowest BCUT2D eigenvalue weighted by atomic mass is 10.0. The minimum Gasteiger partial charge on any atom is -0.490 e. The Labute approximate surface area is 283 Å². The molecule has 0 aliphatic carbocycles. The number of hydrogen-bond donors (Lipinski definition) is 3. The van der Waals surface area contributed by atoms with Gasteiger partial charge in [0.1, 0.15) is 5.75 Å². The van der Waals surface area contributed by atoms with Gasteiger partial charge in [-0.25, -0.2) is 4.79 Å². The van der Waals surface area contributed by atoms with Crippen LogP contribution in [-0.4, -0.2) is 89.4 Å². The Balaban J connectivity index is 1.57. The minimum absolute atomic E-state index is 0.0974. The highest BCUT2D eigenvalue weighted by Crippen LogP contribution is 2.29. The van der Waals surface area contributed by atoms with Gasteiger partial charge in [-0.1, -0.05) is 49.4 Å². The number of benzene rings is 3. The summed E-state index contributed by atoms with van der Waals surface area (Å²) in [6, 6.07) is 21.0. The third kappa shape index (κ3) is 10.6. The summed E-state index contributed by atoms with van der Waals surface area (Å²) < 4.78 is 12.8. The lowest BCUT2D eigenvalue weighted by Gasteiger charge is -2.36. The number of nitrogens with zero attached hydrogens (tertiary/aromatic N) is 2. The van der Waals surface area contributed by atoms with E-state index in [-0.39, 0.29) is 48.5 Å². The molecule has 48 heavy (non-hydrogen) atoms. The van der Waals surface area contributed by atoms with Gasteiger partial charge in [-0.2, -0.15) is 0 Å². The van der Waals surface area contributed by atoms with Crippen LogP contribution in [0.3, 0.4) is 0 Å². The van der Waals surface area contributed by atoms with Crippen LogP contribution in [0.5, 0.6) is 5.75 Å². The molecular weight excluding hydrogens is 610 g/mol. The van der Waals surface area contributed by atoms with E-state index in [1.54, 1.807) is 35.2 Å². The average molecular weight is 660 g/mol. The molecule has 4 atom stereocenters. The molecule has 1 heterocycles. The molecule has 4 rings (SSSR count). The maximum atomic E-state index is 14.4. The Morgan fingerprint density at radius 2 is 1.75 bits per heavy atom. The van der Waals surface area contributed by atoms with E-state index in [1.165, 1.54) is 0 Å². The third-order valence-corrected chi connectivity index (χ3v) is 8.69. The van der Waals surface area contributed by atoms with Crippen LogP contribution >= 0.6 is 0 Å². The SMILES string of the molecule is C[C@@H]1CCCCO[C@H](CN(C)Cc2ccc(C(=O)O)cc2)[C@@H](C)CN([C@H](C)CO)C(=O)c2cc(NC(=O)Cc3ccccc3)ccc2O1. The Kier molecular flexibility index (Phi) is 13.5. The number of fused-ring (bicyclic) bond motifs is 1. The van der Waals surface area contributed by atoms with E-state index < -0.39 is 12.0 Å². The highest BCUT2D eigenvalue weighted by molar-refractivity contribution is 6.00. The molecule has 3 aromatic rings. The second-order valence-corrected chi connectivity index (χ2v) is 12.9. The van der Waals surface area contributed by atoms with Crippen LogP contribution in [-0.2, 0) is 22.5 Å². The van der Waals surface area contributed by atoms with Gasteiger partial charge in [0.15, 0.2) is 0 Å². The lowest BCUT2D eigenvalue weighted by molar-refractivity contribution is -0.115. The smallest absolute Gasteiger partial charge is 0.335 e. The molecule has 0 unspecified atom stereocenters. The third-order valence-electron chi connectivity index (χ3n) is 8.69. The minimum atomic E-state index is -0.958. The van der Waals surface area contributed by atoms with E-state index >= 15 is 0 Å². The number of aromatic carboxylic acids is 1. The summed E-state index contributed by atoms with van der Waals surface area (Å²) in [5, 5.41) is 22.4. The first-order valence-corrected chi connectivity index (χ1v) is 16.7. The van der Waals surface area contributed by atoms with Crippen LogP contribution in [0.25, 0.3) is 0 Å². The van der Waals surface area contributed by atoms with Crippen LogP contribution < -0.4 is 10.1 Å². The second-order valence-electron chi connectivity index (χ2n) is 12.9. The van der Waals surface area contributed by atoms with Crippen molar-refractivity contribution in [2.24, 2.45) is 5.92 Å². The molecule has 0 fully saturated rings. The van der Waals surface area contributed by atoms with E-state index in [0.29, 0.717) is 43.2 Å². The van der Waals surface area contributed by atoms with E-state index in [1.807, 2.05) is 63.4 Å². The first-order valence-electron chi connectivity index (χ1n) is 16.7. The zero-order chi connectivity index (χ0) is 34.6. The summed E-state index contributed by atoms with van der Waals surface area (Å²) in [6.45, 7) is 7.69. The van der Waals surface area contributed by atoms with E-state index in [4.69, 9.17) is 9.47 Å². The van der Waals surface area contributed by atoms with Gasteiger partial charge in [-0.3, -0.25) is 14.5 Å². The van der Waals surface area contributed by atoms with Gasteiger partial charge in [0.2, 0.25) is 5.91 Å². The molecule has 0 bridgehead atoms. The largest absolute Gasteiger partial charge is 0.490 e. The van der Waals surface area contributed by atoms with Crippen molar-refractivity contribution in [1.29, 1.82) is 0 Å². The summed E-state index contributed by atoms with van der Waals surface area (Å²) in [4.78, 5) is 42.3. The average Bonchev–Trinajstić information content (AvgIpc) is 3.06. The molecule has 0 saturated carbocycles. The number of carboxylic acid groups (broad SMARTS) is 1. The van der Waals surface area contributed by atoms with Gasteiger partial charge in [-0.15, -0.1) is 0 Å². The quantitative estimate of drug-likeness (QED) is 0.261. The number of hydrogen-bond acceptors (Lipinski definition) is 7. The van der Waals surface area contributed by atoms with E-state index in [9.17, 15) is 24.6 Å². The molecule has 1 aliphatic heterocycles. The number of nitrogens with one attached hydrogen (secondary N) is 1. The fourth-order valence-corrected chi connectivity index (χ4v) is 5.89. The van der Waals surface area contributed by atoms with Crippen molar-refractivity contribution in [2.45, 2.75) is 71.2 Å². The molecular formula is C38H49N3O7. The predicted molar refractivity (Wildman–Crippen MR) is 185 cm³/mol. The van der Waals surface area contributed by atoms with E-state index in [0.717, 1.165) is 30.4 Å². The summed E-state index contributed by atoms with van der Waals surface area (Å²) in [5.74, 6) is -1.11. The Morgan fingerprint density at radius 1 is 1.02 bits per heavy atom. The van der Waals surface area contributed by atoms with Crippen LogP contribution in [0.4, 0.5) is 5.69 Å². The van der Waals surface area contributed by atoms with Gasteiger partial charge in [0.25, 0.3) is 5.91 Å². The number of ether oxygens (including phenoxy) is 2. The predicted octanol–water partition coefficient (Wildman–Crippen LogP) is 5.49. The first-order chi connectivity index (χ1) is 23.0. The van der Waals surface area contributed by atoms with Gasteiger partial charge < -0.3 is 29.9 Å². The van der Waals surface area contributed by atoms with Gasteiger partial charge >= 0.3 is 5.97 Å². The van der Waals surface area contributed by atoms with Crippen molar-refractivity contribution in [1.82, 2.24) is 9.80 Å². The topological polar surface area (TPSA) is 129 Å². The van der Waals surface area contributed by atoms with Crippen LogP contribution in [0.1, 0.15) is 71.9 Å². The summed E-state index contributed by atoms with van der Waals surface area (Å²) in [6.07, 6.45) is 2.35. The Bertz CT molecular complexity index is 1500. The van der Waals surface area contributed by atoms with Crippen molar-refractivity contribution in [2.75, 3.05) is 38.7 Å². The molecule has 2 amide bonds. The maximum absolute atomic E-state index is 14.4. The zero-order valence-electron chi connectivity index (χ0n) is 28.4. The maximum Gasteiger partial charge on any atom is 0.335 e. The number of carbonyl (C=O) groups is 3. The van der Waals surface area contributed by atoms with Crippen molar-refractivity contribution in [3.05, 3.63) is 95.1 Å². The number of likely N-dealkylation sites (N-methyl/N-ethyl adjacent to an activating group) is 1. The number of carbonyl (C=O) groups excluding carboxylic acids is 2. The van der Waals surface area contributed by atoms with Crippen molar-refractivity contribution < 1.29 is 34.1 Å². The first kappa shape index (κ1) is 36.6. The molecule has 0 radical (unpaired) electrons. The monoisotopic (exact) mass is 659 g/mol. The molecule has 258 valence electrons. The molecule has 0 aromatic heterocycles. The number of anilines is 1.